The number of hydrogen-bond donors (Lipinski definition) is 2. The summed E-state index contributed by atoms with van der Waals surface area (Å²) in [6.45, 7) is 1.21. The zero-order chi connectivity index (χ0) is 17.3. The number of nitriles is 1. The van der Waals surface area contributed by atoms with Crippen LogP contribution >= 0.6 is 0 Å². The van der Waals surface area contributed by atoms with Gasteiger partial charge in [0, 0.05) is 6.20 Å². The molecule has 3 rings (SSSR count). The molecule has 0 bridgehead atoms. The number of H-pyrrole nitrogens is 1. The summed E-state index contributed by atoms with van der Waals surface area (Å²) in [6.07, 6.45) is 1.59. The van der Waals surface area contributed by atoms with E-state index in [4.69, 9.17) is 5.26 Å². The first-order valence-electron chi connectivity index (χ1n) is 7.27. The van der Waals surface area contributed by atoms with Crippen molar-refractivity contribution in [3.8, 4) is 6.07 Å². The van der Waals surface area contributed by atoms with Gasteiger partial charge in [0.05, 0.1) is 23.9 Å². The van der Waals surface area contributed by atoms with Crippen LogP contribution in [0.15, 0.2) is 42.6 Å². The number of benzene rings is 1. The summed E-state index contributed by atoms with van der Waals surface area (Å²) in [4.78, 5) is 40.7. The van der Waals surface area contributed by atoms with Crippen LogP contribution in [0.5, 0.6) is 0 Å². The number of carbonyl (C=O) groups is 3. The first-order chi connectivity index (χ1) is 11.5. The van der Waals surface area contributed by atoms with Gasteiger partial charge in [-0.05, 0) is 36.8 Å². The third-order valence-electron chi connectivity index (χ3n) is 4.04. The molecule has 1 aliphatic rings. The number of rotatable bonds is 4. The number of aromatic nitrogens is 1. The van der Waals surface area contributed by atoms with Crippen LogP contribution in [0.2, 0.25) is 0 Å². The van der Waals surface area contributed by atoms with Gasteiger partial charge in [-0.15, -0.1) is 0 Å². The van der Waals surface area contributed by atoms with E-state index >= 15 is 0 Å². The molecular weight excluding hydrogens is 308 g/mol. The first-order valence-corrected chi connectivity index (χ1v) is 7.27. The summed E-state index contributed by atoms with van der Waals surface area (Å²) in [5, 5.41) is 11.6. The van der Waals surface area contributed by atoms with Gasteiger partial charge in [0.1, 0.15) is 5.54 Å². The molecule has 2 aromatic rings. The van der Waals surface area contributed by atoms with Crippen molar-refractivity contribution >= 4 is 17.7 Å². The Balaban J connectivity index is 1.88. The molecule has 0 spiro atoms. The predicted molar refractivity (Wildman–Crippen MR) is 83.9 cm³/mol. The summed E-state index contributed by atoms with van der Waals surface area (Å²) in [7, 11) is 0. The summed E-state index contributed by atoms with van der Waals surface area (Å²) >= 11 is 0. The molecule has 120 valence electrons. The van der Waals surface area contributed by atoms with Gasteiger partial charge in [0.25, 0.3) is 5.91 Å². The smallest absolute Gasteiger partial charge is 0.325 e. The van der Waals surface area contributed by atoms with Crippen molar-refractivity contribution in [3.05, 3.63) is 59.4 Å². The molecule has 0 aliphatic carbocycles. The normalized spacial score (nSPS) is 19.9. The van der Waals surface area contributed by atoms with Crippen LogP contribution in [-0.2, 0) is 10.3 Å². The standard InChI is InChI=1S/C17H14N4O3/c1-17(12-5-2-4-11(8-12)9-18)15(23)21(16(24)20-17)10-14(22)13-6-3-7-19-13/h2-8,19H,10H2,1H3,(H,20,24)/t17-/m1/s1. The van der Waals surface area contributed by atoms with E-state index < -0.39 is 17.5 Å². The number of imide groups is 1. The summed E-state index contributed by atoms with van der Waals surface area (Å²) in [5.74, 6) is -0.888. The lowest BCUT2D eigenvalue weighted by Gasteiger charge is -2.22. The van der Waals surface area contributed by atoms with Crippen LogP contribution in [0, 0.1) is 11.3 Å². The van der Waals surface area contributed by atoms with E-state index in [0.717, 1.165) is 4.90 Å². The quantitative estimate of drug-likeness (QED) is 0.657. The number of ketones is 1. The zero-order valence-corrected chi connectivity index (χ0v) is 12.9. The molecule has 7 nitrogen and oxygen atoms in total. The number of nitrogens with zero attached hydrogens (tertiary/aromatic N) is 2. The third kappa shape index (κ3) is 2.44. The topological polar surface area (TPSA) is 106 Å². The molecule has 1 fully saturated rings. The third-order valence-corrected chi connectivity index (χ3v) is 4.04. The van der Waals surface area contributed by atoms with E-state index in [-0.39, 0.29) is 12.3 Å². The highest BCUT2D eigenvalue weighted by Crippen LogP contribution is 2.29. The van der Waals surface area contributed by atoms with Crippen molar-refractivity contribution in [2.24, 2.45) is 0 Å². The Bertz CT molecular complexity index is 866. The second kappa shape index (κ2) is 5.66. The van der Waals surface area contributed by atoms with E-state index in [2.05, 4.69) is 10.3 Å². The van der Waals surface area contributed by atoms with E-state index in [1.165, 1.54) is 0 Å². The second-order valence-corrected chi connectivity index (χ2v) is 5.65. The molecule has 0 saturated carbocycles. The van der Waals surface area contributed by atoms with Crippen LogP contribution in [0.3, 0.4) is 0 Å². The van der Waals surface area contributed by atoms with Crippen LogP contribution in [-0.4, -0.2) is 34.2 Å². The Labute approximate surface area is 137 Å². The lowest BCUT2D eigenvalue weighted by molar-refractivity contribution is -0.130. The molecule has 1 aromatic heterocycles. The van der Waals surface area contributed by atoms with E-state index in [9.17, 15) is 14.4 Å². The van der Waals surface area contributed by atoms with Crippen molar-refractivity contribution in [1.29, 1.82) is 5.26 Å². The van der Waals surface area contributed by atoms with Crippen molar-refractivity contribution in [2.75, 3.05) is 6.54 Å². The minimum atomic E-state index is -1.31. The molecule has 2 heterocycles. The molecule has 1 atom stereocenters. The van der Waals surface area contributed by atoms with Crippen molar-refractivity contribution in [1.82, 2.24) is 15.2 Å². The maximum absolute atomic E-state index is 12.7. The van der Waals surface area contributed by atoms with Crippen molar-refractivity contribution < 1.29 is 14.4 Å². The van der Waals surface area contributed by atoms with Gasteiger partial charge in [0.2, 0.25) is 0 Å². The van der Waals surface area contributed by atoms with Crippen LogP contribution < -0.4 is 5.32 Å². The van der Waals surface area contributed by atoms with E-state index in [1.54, 1.807) is 49.5 Å². The fourth-order valence-electron chi connectivity index (χ4n) is 2.67. The van der Waals surface area contributed by atoms with E-state index in [1.807, 2.05) is 6.07 Å². The molecule has 0 unspecified atom stereocenters. The van der Waals surface area contributed by atoms with Crippen LogP contribution in [0.25, 0.3) is 0 Å². The minimum Gasteiger partial charge on any atom is -0.359 e. The molecule has 0 radical (unpaired) electrons. The molecule has 24 heavy (non-hydrogen) atoms. The van der Waals surface area contributed by atoms with Gasteiger partial charge in [-0.25, -0.2) is 4.79 Å². The van der Waals surface area contributed by atoms with Gasteiger partial charge >= 0.3 is 6.03 Å². The number of nitrogens with one attached hydrogen (secondary N) is 2. The van der Waals surface area contributed by atoms with E-state index in [0.29, 0.717) is 16.8 Å². The fourth-order valence-corrected chi connectivity index (χ4v) is 2.67. The maximum atomic E-state index is 12.7. The molecule has 2 N–H and O–H groups in total. The molecular formula is C17H14N4O3. The molecule has 7 heteroatoms. The molecule has 3 amide bonds. The molecule has 1 saturated heterocycles. The van der Waals surface area contributed by atoms with Crippen LogP contribution in [0.4, 0.5) is 4.79 Å². The Morgan fingerprint density at radius 2 is 2.08 bits per heavy atom. The highest BCUT2D eigenvalue weighted by molar-refractivity contribution is 6.11. The zero-order valence-electron chi connectivity index (χ0n) is 12.9. The number of carbonyl (C=O) groups excluding carboxylic acids is 3. The van der Waals surface area contributed by atoms with Gasteiger partial charge in [-0.2, -0.15) is 5.26 Å². The lowest BCUT2D eigenvalue weighted by atomic mass is 9.91. The van der Waals surface area contributed by atoms with Crippen molar-refractivity contribution in [3.63, 3.8) is 0 Å². The average molecular weight is 322 g/mol. The maximum Gasteiger partial charge on any atom is 0.325 e. The molecule has 1 aromatic carbocycles. The minimum absolute atomic E-state index is 0.329. The first kappa shape index (κ1) is 15.5. The number of urea groups is 1. The Kier molecular flexibility index (Phi) is 3.66. The lowest BCUT2D eigenvalue weighted by Crippen LogP contribution is -2.41. The van der Waals surface area contributed by atoms with Gasteiger partial charge in [-0.1, -0.05) is 12.1 Å². The summed E-state index contributed by atoms with van der Waals surface area (Å²) in [6, 6.07) is 11.1. The van der Waals surface area contributed by atoms with Gasteiger partial charge in [-0.3, -0.25) is 14.5 Å². The Morgan fingerprint density at radius 1 is 1.29 bits per heavy atom. The highest BCUT2D eigenvalue weighted by atomic mass is 16.2. The van der Waals surface area contributed by atoms with Gasteiger partial charge in [0.15, 0.2) is 5.78 Å². The van der Waals surface area contributed by atoms with Crippen LogP contribution in [0.1, 0.15) is 28.5 Å². The Morgan fingerprint density at radius 3 is 2.75 bits per heavy atom. The fraction of sp³-hybridized carbons (Fsp3) is 0.176. The SMILES string of the molecule is C[C@]1(c2cccc(C#N)c2)NC(=O)N(CC(=O)c2ccc[nH]2)C1=O. The summed E-state index contributed by atoms with van der Waals surface area (Å²) in [5.41, 5.74) is -0.0953. The predicted octanol–water partition coefficient (Wildman–Crippen LogP) is 1.54. The van der Waals surface area contributed by atoms with Gasteiger partial charge < -0.3 is 10.3 Å². The number of amides is 3. The summed E-state index contributed by atoms with van der Waals surface area (Å²) < 4.78 is 0. The number of aromatic amines is 1. The monoisotopic (exact) mass is 322 g/mol. The highest BCUT2D eigenvalue weighted by Gasteiger charge is 2.49. The largest absolute Gasteiger partial charge is 0.359 e. The Hall–Kier alpha value is -3.40. The molecule has 1 aliphatic heterocycles. The van der Waals surface area contributed by atoms with Crippen molar-refractivity contribution in [2.45, 2.75) is 12.5 Å². The second-order valence-electron chi connectivity index (χ2n) is 5.65. The number of Topliss-reactive ketones (excluding diaryl/α,β-unsaturated/α-hetero) is 1. The average Bonchev–Trinajstić information content (AvgIpc) is 3.19. The number of hydrogen-bond acceptors (Lipinski definition) is 4.